The molecule has 3 aliphatic rings. The van der Waals surface area contributed by atoms with E-state index in [1.165, 1.54) is 11.6 Å². The summed E-state index contributed by atoms with van der Waals surface area (Å²) in [7, 11) is 0. The van der Waals surface area contributed by atoms with Crippen molar-refractivity contribution in [2.75, 3.05) is 44.2 Å². The van der Waals surface area contributed by atoms with Crippen LogP contribution in [0, 0.1) is 11.7 Å². The van der Waals surface area contributed by atoms with E-state index < -0.39 is 23.5 Å². The Morgan fingerprint density at radius 3 is 2.56 bits per heavy atom. The Morgan fingerprint density at radius 2 is 1.89 bits per heavy atom. The fourth-order valence-corrected chi connectivity index (χ4v) is 5.31. The quantitative estimate of drug-likeness (QED) is 0.574. The molecule has 1 aromatic carbocycles. The molecular weight excluding hydrogens is 474 g/mol. The van der Waals surface area contributed by atoms with Gasteiger partial charge in [-0.2, -0.15) is 13.2 Å². The first-order chi connectivity index (χ1) is 17.2. The van der Waals surface area contributed by atoms with Gasteiger partial charge in [-0.15, -0.1) is 0 Å². The number of piperazine rings is 1. The number of hydrogen-bond acceptors (Lipinski definition) is 5. The molecule has 1 amide bonds. The highest BCUT2D eigenvalue weighted by Crippen LogP contribution is 2.37. The van der Waals surface area contributed by atoms with Crippen LogP contribution in [0.4, 0.5) is 23.4 Å². The summed E-state index contributed by atoms with van der Waals surface area (Å²) in [5.41, 5.74) is 1.24. The minimum Gasteiger partial charge on any atom is -0.353 e. The summed E-state index contributed by atoms with van der Waals surface area (Å²) in [4.78, 5) is 26.5. The molecule has 0 bridgehead atoms. The molecule has 0 radical (unpaired) electrons. The molecule has 10 heteroatoms. The monoisotopic (exact) mass is 505 g/mol. The van der Waals surface area contributed by atoms with E-state index in [1.807, 2.05) is 0 Å². The molecule has 1 aromatic heterocycles. The molecule has 2 heterocycles. The first-order valence-electron chi connectivity index (χ1n) is 12.7. The third kappa shape index (κ3) is 5.19. The van der Waals surface area contributed by atoms with Gasteiger partial charge in [0, 0.05) is 44.0 Å². The summed E-state index contributed by atoms with van der Waals surface area (Å²) in [5.74, 6) is -0.395. The number of nitrogens with zero attached hydrogens (tertiary/aromatic N) is 4. The van der Waals surface area contributed by atoms with Crippen LogP contribution in [0.1, 0.15) is 60.4 Å². The Labute approximate surface area is 208 Å². The summed E-state index contributed by atoms with van der Waals surface area (Å²) < 4.78 is 53.6. The fourth-order valence-electron chi connectivity index (χ4n) is 5.31. The molecule has 0 spiro atoms. The molecule has 5 rings (SSSR count). The second-order valence-corrected chi connectivity index (χ2v) is 10.2. The number of aryl methyl sites for hydroxylation is 1. The molecule has 1 saturated heterocycles. The van der Waals surface area contributed by atoms with Crippen LogP contribution in [0.5, 0.6) is 0 Å². The van der Waals surface area contributed by atoms with Crippen molar-refractivity contribution in [3.05, 3.63) is 52.7 Å². The van der Waals surface area contributed by atoms with Crippen molar-refractivity contribution in [3.8, 4) is 0 Å². The molecule has 1 aliphatic heterocycles. The Hall–Kier alpha value is -2.75. The van der Waals surface area contributed by atoms with E-state index >= 15 is 0 Å². The van der Waals surface area contributed by atoms with Gasteiger partial charge in [0.25, 0.3) is 0 Å². The summed E-state index contributed by atoms with van der Waals surface area (Å²) in [6, 6.07) is 2.84. The Morgan fingerprint density at radius 1 is 1.14 bits per heavy atom. The van der Waals surface area contributed by atoms with Crippen LogP contribution in [0.2, 0.25) is 0 Å². The zero-order valence-corrected chi connectivity index (χ0v) is 20.3. The zero-order chi connectivity index (χ0) is 25.4. The topological polar surface area (TPSA) is 61.4 Å². The number of anilines is 1. The smallest absolute Gasteiger partial charge is 0.353 e. The first-order valence-corrected chi connectivity index (χ1v) is 12.7. The second kappa shape index (κ2) is 9.95. The lowest BCUT2D eigenvalue weighted by Gasteiger charge is -2.38. The highest BCUT2D eigenvalue weighted by atomic mass is 19.4. The van der Waals surface area contributed by atoms with E-state index in [-0.39, 0.29) is 18.0 Å². The number of carbonyl (C=O) groups excluding carboxylic acids is 1. The summed E-state index contributed by atoms with van der Waals surface area (Å²) >= 11 is 0. The molecule has 6 nitrogen and oxygen atoms in total. The van der Waals surface area contributed by atoms with Gasteiger partial charge in [-0.05, 0) is 61.8 Å². The summed E-state index contributed by atoms with van der Waals surface area (Å²) in [6.45, 7) is 5.33. The lowest BCUT2D eigenvalue weighted by Crippen LogP contribution is -2.51. The molecule has 0 unspecified atom stereocenters. The number of halogens is 4. The fraction of sp³-hybridized carbons (Fsp3) is 0.577. The predicted molar refractivity (Wildman–Crippen MR) is 127 cm³/mol. The maximum Gasteiger partial charge on any atom is 0.419 e. The number of nitrogens with one attached hydrogen (secondary N) is 1. The Balaban J connectivity index is 1.30. The standard InChI is InChI=1S/C26H31F4N5O/c1-16-2-7-22-23(16)24(33-15-32-22)34-8-10-35(11-9-34)25(36)19(14-31-13-17-3-4-17)18-5-6-20(21(27)12-18)26(28,29)30/h5-6,12,15-17,19,31H,2-4,7-11,13-14H2,1H3/t16-,19-/m1/s1. The maximum atomic E-state index is 14.4. The van der Waals surface area contributed by atoms with Crippen LogP contribution in [-0.4, -0.2) is 60.0 Å². The third-order valence-electron chi connectivity index (χ3n) is 7.62. The van der Waals surface area contributed by atoms with Crippen molar-refractivity contribution in [3.63, 3.8) is 0 Å². The Bertz CT molecular complexity index is 1110. The minimum atomic E-state index is -4.78. The number of amides is 1. The molecule has 194 valence electrons. The van der Waals surface area contributed by atoms with Crippen LogP contribution in [0.15, 0.2) is 24.5 Å². The van der Waals surface area contributed by atoms with E-state index in [9.17, 15) is 22.4 Å². The number of fused-ring (bicyclic) bond motifs is 1. The van der Waals surface area contributed by atoms with Gasteiger partial charge in [0.05, 0.1) is 11.5 Å². The summed E-state index contributed by atoms with van der Waals surface area (Å²) in [6.07, 6.45) is 1.09. The molecule has 2 atom stereocenters. The summed E-state index contributed by atoms with van der Waals surface area (Å²) in [5, 5.41) is 3.28. The number of rotatable bonds is 7. The third-order valence-corrected chi connectivity index (χ3v) is 7.62. The lowest BCUT2D eigenvalue weighted by molar-refractivity contribution is -0.140. The van der Waals surface area contributed by atoms with E-state index in [1.54, 1.807) is 11.2 Å². The number of benzene rings is 1. The Kier molecular flexibility index (Phi) is 6.89. The van der Waals surface area contributed by atoms with Gasteiger partial charge in [-0.3, -0.25) is 4.79 Å². The zero-order valence-electron chi connectivity index (χ0n) is 20.3. The average Bonchev–Trinajstić information content (AvgIpc) is 3.61. The van der Waals surface area contributed by atoms with Crippen LogP contribution in [0.25, 0.3) is 0 Å². The molecule has 2 aliphatic carbocycles. The van der Waals surface area contributed by atoms with Crippen LogP contribution >= 0.6 is 0 Å². The van der Waals surface area contributed by atoms with E-state index in [4.69, 9.17) is 0 Å². The van der Waals surface area contributed by atoms with Gasteiger partial charge in [0.2, 0.25) is 5.91 Å². The van der Waals surface area contributed by atoms with Gasteiger partial charge >= 0.3 is 6.18 Å². The van der Waals surface area contributed by atoms with Crippen molar-refractivity contribution in [1.29, 1.82) is 0 Å². The van der Waals surface area contributed by atoms with Gasteiger partial charge < -0.3 is 15.1 Å². The van der Waals surface area contributed by atoms with Crippen molar-refractivity contribution < 1.29 is 22.4 Å². The normalized spacial score (nSPS) is 21.0. The van der Waals surface area contributed by atoms with Crippen LogP contribution < -0.4 is 10.2 Å². The van der Waals surface area contributed by atoms with Crippen molar-refractivity contribution in [1.82, 2.24) is 20.2 Å². The lowest BCUT2D eigenvalue weighted by atomic mass is 9.95. The highest BCUT2D eigenvalue weighted by Gasteiger charge is 2.36. The molecular formula is C26H31F4N5O. The van der Waals surface area contributed by atoms with Gasteiger partial charge in [-0.1, -0.05) is 13.0 Å². The number of alkyl halides is 3. The largest absolute Gasteiger partial charge is 0.419 e. The van der Waals surface area contributed by atoms with E-state index in [0.717, 1.165) is 55.9 Å². The number of hydrogen-bond donors (Lipinski definition) is 1. The average molecular weight is 506 g/mol. The molecule has 2 aromatic rings. The molecule has 1 saturated carbocycles. The molecule has 2 fully saturated rings. The van der Waals surface area contributed by atoms with Gasteiger partial charge in [-0.25, -0.2) is 14.4 Å². The SMILES string of the molecule is C[C@@H]1CCc2ncnc(N3CCN(C(=O)[C@H](CNCC4CC4)c4ccc(C(F)(F)F)c(F)c4)CC3)c21. The van der Waals surface area contributed by atoms with Crippen LogP contribution in [0.3, 0.4) is 0 Å². The maximum absolute atomic E-state index is 14.4. The van der Waals surface area contributed by atoms with E-state index in [2.05, 4.69) is 27.1 Å². The molecule has 36 heavy (non-hydrogen) atoms. The van der Waals surface area contributed by atoms with Gasteiger partial charge in [0.15, 0.2) is 0 Å². The van der Waals surface area contributed by atoms with Crippen molar-refractivity contribution in [2.45, 2.75) is 50.6 Å². The minimum absolute atomic E-state index is 0.196. The van der Waals surface area contributed by atoms with Crippen molar-refractivity contribution >= 4 is 11.7 Å². The first kappa shape index (κ1) is 24.9. The van der Waals surface area contributed by atoms with Gasteiger partial charge in [0.1, 0.15) is 18.0 Å². The number of aromatic nitrogens is 2. The number of carbonyl (C=O) groups is 1. The van der Waals surface area contributed by atoms with Crippen LogP contribution in [-0.2, 0) is 17.4 Å². The second-order valence-electron chi connectivity index (χ2n) is 10.2. The van der Waals surface area contributed by atoms with E-state index in [0.29, 0.717) is 38.0 Å². The van der Waals surface area contributed by atoms with Crippen molar-refractivity contribution in [2.24, 2.45) is 5.92 Å². The predicted octanol–water partition coefficient (Wildman–Crippen LogP) is 4.12. The molecule has 1 N–H and O–H groups in total. The highest BCUT2D eigenvalue weighted by molar-refractivity contribution is 5.84.